The van der Waals surface area contributed by atoms with Gasteiger partial charge in [-0.1, -0.05) is 25.1 Å². The molecule has 0 saturated heterocycles. The molecule has 0 aliphatic carbocycles. The Morgan fingerprint density at radius 3 is 2.83 bits per heavy atom. The fourth-order valence-electron chi connectivity index (χ4n) is 2.38. The molecule has 0 saturated carbocycles. The fraction of sp³-hybridized carbons (Fsp3) is 0.429. The number of carbonyl (C=O) groups is 2. The van der Waals surface area contributed by atoms with Gasteiger partial charge in [0, 0.05) is 18.2 Å². The molecule has 0 bridgehead atoms. The van der Waals surface area contributed by atoms with Gasteiger partial charge in [0.15, 0.2) is 0 Å². The molecular formula is C14H17NO3. The first-order valence-electron chi connectivity index (χ1n) is 6.20. The van der Waals surface area contributed by atoms with Crippen LogP contribution >= 0.6 is 0 Å². The number of para-hydroxylation sites is 1. The van der Waals surface area contributed by atoms with Crippen molar-refractivity contribution in [3.05, 3.63) is 29.8 Å². The second-order valence-electron chi connectivity index (χ2n) is 4.72. The number of benzene rings is 1. The van der Waals surface area contributed by atoms with E-state index in [9.17, 15) is 9.59 Å². The van der Waals surface area contributed by atoms with Gasteiger partial charge in [-0.25, -0.2) is 0 Å². The van der Waals surface area contributed by atoms with Crippen molar-refractivity contribution in [1.29, 1.82) is 0 Å². The van der Waals surface area contributed by atoms with Gasteiger partial charge in [-0.3, -0.25) is 9.59 Å². The van der Waals surface area contributed by atoms with E-state index in [1.165, 1.54) is 5.56 Å². The Morgan fingerprint density at radius 1 is 1.39 bits per heavy atom. The smallest absolute Gasteiger partial charge is 0.304 e. The maximum Gasteiger partial charge on any atom is 0.304 e. The number of hydrogen-bond donors (Lipinski definition) is 1. The van der Waals surface area contributed by atoms with Crippen LogP contribution in [0.3, 0.4) is 0 Å². The molecule has 1 atom stereocenters. The highest BCUT2D eigenvalue weighted by Crippen LogP contribution is 2.28. The molecule has 0 fully saturated rings. The van der Waals surface area contributed by atoms with Crippen molar-refractivity contribution in [2.45, 2.75) is 26.2 Å². The largest absolute Gasteiger partial charge is 0.481 e. The predicted molar refractivity (Wildman–Crippen MR) is 68.5 cm³/mol. The van der Waals surface area contributed by atoms with Crippen molar-refractivity contribution in [3.63, 3.8) is 0 Å². The second-order valence-corrected chi connectivity index (χ2v) is 4.72. The third-order valence-electron chi connectivity index (χ3n) is 3.28. The summed E-state index contributed by atoms with van der Waals surface area (Å²) in [6, 6.07) is 7.83. The molecule has 0 aromatic heterocycles. The zero-order valence-corrected chi connectivity index (χ0v) is 10.4. The topological polar surface area (TPSA) is 57.6 Å². The summed E-state index contributed by atoms with van der Waals surface area (Å²) < 4.78 is 0. The van der Waals surface area contributed by atoms with Crippen molar-refractivity contribution >= 4 is 17.6 Å². The first-order valence-corrected chi connectivity index (χ1v) is 6.20. The molecule has 0 spiro atoms. The van der Waals surface area contributed by atoms with Crippen LogP contribution in [0.5, 0.6) is 0 Å². The number of rotatable bonds is 3. The van der Waals surface area contributed by atoms with E-state index in [1.807, 2.05) is 24.3 Å². The van der Waals surface area contributed by atoms with Gasteiger partial charge in [-0.05, 0) is 24.5 Å². The molecule has 4 nitrogen and oxygen atoms in total. The van der Waals surface area contributed by atoms with Crippen LogP contribution in [0.2, 0.25) is 0 Å². The van der Waals surface area contributed by atoms with E-state index >= 15 is 0 Å². The van der Waals surface area contributed by atoms with Crippen molar-refractivity contribution in [2.24, 2.45) is 5.92 Å². The van der Waals surface area contributed by atoms with Crippen molar-refractivity contribution < 1.29 is 14.7 Å². The zero-order chi connectivity index (χ0) is 13.1. The minimum absolute atomic E-state index is 0.0930. The summed E-state index contributed by atoms with van der Waals surface area (Å²) in [6.45, 7) is 2.35. The molecule has 1 aliphatic rings. The summed E-state index contributed by atoms with van der Waals surface area (Å²) in [6.07, 6.45) is 1.80. The maximum absolute atomic E-state index is 12.3. The number of carboxylic acid groups (broad SMARTS) is 1. The minimum atomic E-state index is -0.929. The van der Waals surface area contributed by atoms with Crippen LogP contribution in [0.25, 0.3) is 0 Å². The molecule has 2 rings (SSSR count). The van der Waals surface area contributed by atoms with Gasteiger partial charge in [-0.2, -0.15) is 0 Å². The number of fused-ring (bicyclic) bond motifs is 1. The van der Waals surface area contributed by atoms with Crippen LogP contribution in [0.1, 0.15) is 25.3 Å². The van der Waals surface area contributed by atoms with Crippen LogP contribution in [-0.4, -0.2) is 23.5 Å². The first kappa shape index (κ1) is 12.6. The van der Waals surface area contributed by atoms with E-state index in [0.29, 0.717) is 6.54 Å². The number of aryl methyl sites for hydroxylation is 1. The SMILES string of the molecule is CC(CC(=O)O)C(=O)N1CCCc2ccccc21. The normalized spacial score (nSPS) is 15.9. The first-order chi connectivity index (χ1) is 8.59. The van der Waals surface area contributed by atoms with E-state index in [1.54, 1.807) is 11.8 Å². The molecule has 1 aromatic carbocycles. The molecule has 1 heterocycles. The molecule has 1 aliphatic heterocycles. The number of aliphatic carboxylic acids is 1. The predicted octanol–water partition coefficient (Wildman–Crippen LogP) is 2.08. The summed E-state index contributed by atoms with van der Waals surface area (Å²) in [4.78, 5) is 24.7. The Bertz CT molecular complexity index is 470. The van der Waals surface area contributed by atoms with Gasteiger partial charge in [0.1, 0.15) is 0 Å². The Balaban J connectivity index is 2.20. The lowest BCUT2D eigenvalue weighted by Gasteiger charge is -2.31. The van der Waals surface area contributed by atoms with Gasteiger partial charge in [0.25, 0.3) is 0 Å². The highest BCUT2D eigenvalue weighted by Gasteiger charge is 2.27. The Kier molecular flexibility index (Phi) is 3.65. The molecule has 1 aromatic rings. The molecule has 1 N–H and O–H groups in total. The summed E-state index contributed by atoms with van der Waals surface area (Å²) in [5, 5.41) is 8.76. The average Bonchev–Trinajstić information content (AvgIpc) is 2.36. The summed E-state index contributed by atoms with van der Waals surface area (Å²) in [5.41, 5.74) is 2.10. The molecule has 1 unspecified atom stereocenters. The van der Waals surface area contributed by atoms with E-state index < -0.39 is 11.9 Å². The second kappa shape index (κ2) is 5.21. The van der Waals surface area contributed by atoms with Crippen LogP contribution in [0, 0.1) is 5.92 Å². The summed E-state index contributed by atoms with van der Waals surface area (Å²) in [7, 11) is 0. The number of carbonyl (C=O) groups excluding carboxylic acids is 1. The standard InChI is InChI=1S/C14H17NO3/c1-10(9-13(16)17)14(18)15-8-4-6-11-5-2-3-7-12(11)15/h2-3,5,7,10H,4,6,8-9H2,1H3,(H,16,17). The van der Waals surface area contributed by atoms with E-state index in [4.69, 9.17) is 5.11 Å². The number of amides is 1. The quantitative estimate of drug-likeness (QED) is 0.889. The fourth-order valence-corrected chi connectivity index (χ4v) is 2.38. The van der Waals surface area contributed by atoms with E-state index in [2.05, 4.69) is 0 Å². The van der Waals surface area contributed by atoms with Crippen molar-refractivity contribution in [3.8, 4) is 0 Å². The lowest BCUT2D eigenvalue weighted by atomic mass is 9.99. The van der Waals surface area contributed by atoms with E-state index in [-0.39, 0.29) is 12.3 Å². The van der Waals surface area contributed by atoms with Crippen LogP contribution in [-0.2, 0) is 16.0 Å². The lowest BCUT2D eigenvalue weighted by molar-refractivity contribution is -0.140. The van der Waals surface area contributed by atoms with Crippen molar-refractivity contribution in [1.82, 2.24) is 0 Å². The molecule has 4 heteroatoms. The molecular weight excluding hydrogens is 230 g/mol. The highest BCUT2D eigenvalue weighted by atomic mass is 16.4. The van der Waals surface area contributed by atoms with Crippen LogP contribution in [0.15, 0.2) is 24.3 Å². The van der Waals surface area contributed by atoms with Crippen molar-refractivity contribution in [2.75, 3.05) is 11.4 Å². The molecule has 18 heavy (non-hydrogen) atoms. The number of hydrogen-bond acceptors (Lipinski definition) is 2. The van der Waals surface area contributed by atoms with Gasteiger partial charge < -0.3 is 10.0 Å². The van der Waals surface area contributed by atoms with Crippen LogP contribution in [0.4, 0.5) is 5.69 Å². The van der Waals surface area contributed by atoms with Gasteiger partial charge in [-0.15, -0.1) is 0 Å². The Morgan fingerprint density at radius 2 is 2.11 bits per heavy atom. The zero-order valence-electron chi connectivity index (χ0n) is 10.4. The number of carboxylic acids is 1. The maximum atomic E-state index is 12.3. The molecule has 96 valence electrons. The molecule has 1 amide bonds. The van der Waals surface area contributed by atoms with Gasteiger partial charge >= 0.3 is 5.97 Å². The highest BCUT2D eigenvalue weighted by molar-refractivity contribution is 5.97. The Labute approximate surface area is 106 Å². The van der Waals surface area contributed by atoms with Crippen LogP contribution < -0.4 is 4.90 Å². The monoisotopic (exact) mass is 247 g/mol. The van der Waals surface area contributed by atoms with Gasteiger partial charge in [0.2, 0.25) is 5.91 Å². The Hall–Kier alpha value is -1.84. The number of anilines is 1. The average molecular weight is 247 g/mol. The third-order valence-corrected chi connectivity index (χ3v) is 3.28. The minimum Gasteiger partial charge on any atom is -0.481 e. The lowest BCUT2D eigenvalue weighted by Crippen LogP contribution is -2.39. The number of nitrogens with zero attached hydrogens (tertiary/aromatic N) is 1. The van der Waals surface area contributed by atoms with Gasteiger partial charge in [0.05, 0.1) is 6.42 Å². The third kappa shape index (κ3) is 2.53. The summed E-state index contributed by atoms with van der Waals surface area (Å²) >= 11 is 0. The molecule has 0 radical (unpaired) electrons. The summed E-state index contributed by atoms with van der Waals surface area (Å²) in [5.74, 6) is -1.50. The van der Waals surface area contributed by atoms with E-state index in [0.717, 1.165) is 18.5 Å².